The number of benzene rings is 1. The van der Waals surface area contributed by atoms with E-state index in [9.17, 15) is 9.18 Å². The fourth-order valence-electron chi connectivity index (χ4n) is 2.37. The molecule has 9 nitrogen and oxygen atoms in total. The van der Waals surface area contributed by atoms with Gasteiger partial charge in [-0.1, -0.05) is 28.5 Å². The molecule has 30 heavy (non-hydrogen) atoms. The molecule has 0 saturated heterocycles. The van der Waals surface area contributed by atoms with Gasteiger partial charge in [-0.2, -0.15) is 4.98 Å². The Morgan fingerprint density at radius 1 is 1.27 bits per heavy atom. The van der Waals surface area contributed by atoms with Gasteiger partial charge < -0.3 is 18.7 Å². The predicted molar refractivity (Wildman–Crippen MR) is 104 cm³/mol. The topological polar surface area (TPSA) is 120 Å². The summed E-state index contributed by atoms with van der Waals surface area (Å²) in [4.78, 5) is 16.2. The van der Waals surface area contributed by atoms with Gasteiger partial charge >= 0.3 is 0 Å². The van der Waals surface area contributed by atoms with Crippen molar-refractivity contribution < 1.29 is 22.5 Å². The molecule has 1 N–H and O–H groups in total. The van der Waals surface area contributed by atoms with Gasteiger partial charge in [-0.05, 0) is 30.3 Å². The summed E-state index contributed by atoms with van der Waals surface area (Å²) in [6, 6.07) is 7.44. The summed E-state index contributed by atoms with van der Waals surface area (Å²) in [5, 5.41) is 14.7. The summed E-state index contributed by atoms with van der Waals surface area (Å²) in [7, 11) is 0. The number of carbonyl (C=O) groups is 1. The van der Waals surface area contributed by atoms with E-state index in [1.807, 2.05) is 0 Å². The van der Waals surface area contributed by atoms with Gasteiger partial charge in [-0.15, -0.1) is 10.2 Å². The van der Waals surface area contributed by atoms with Crippen LogP contribution in [-0.4, -0.2) is 26.2 Å². The van der Waals surface area contributed by atoms with Gasteiger partial charge in [0.15, 0.2) is 11.6 Å². The van der Waals surface area contributed by atoms with Gasteiger partial charge in [-0.25, -0.2) is 4.39 Å². The molecule has 4 aromatic rings. The molecule has 0 fully saturated rings. The summed E-state index contributed by atoms with van der Waals surface area (Å²) < 4.78 is 29.5. The lowest BCUT2D eigenvalue weighted by atomic mass is 10.2. The van der Waals surface area contributed by atoms with Gasteiger partial charge in [0.05, 0.1) is 17.7 Å². The second-order valence-electron chi connectivity index (χ2n) is 5.92. The fourth-order valence-corrected chi connectivity index (χ4v) is 3.13. The van der Waals surface area contributed by atoms with Crippen LogP contribution < -0.4 is 5.32 Å². The number of amides is 1. The zero-order chi connectivity index (χ0) is 20.9. The molecular weight excluding hydrogens is 437 g/mol. The predicted octanol–water partition coefficient (Wildman–Crippen LogP) is 4.37. The molecule has 154 valence electrons. The standard InChI is InChI=1S/C18H13ClFN5O4S/c19-10-3-4-12(11(20)8-10)21-15(26)5-6-16-22-14(25-29-16)9-30-18-24-23-17(28-18)13-2-1-7-27-13/h1-4,7-8H,5-6,9H2,(H,21,26). The van der Waals surface area contributed by atoms with Crippen LogP contribution >= 0.6 is 23.4 Å². The first kappa shape index (κ1) is 20.1. The first-order valence-corrected chi connectivity index (χ1v) is 10.00. The normalized spacial score (nSPS) is 11.0. The van der Waals surface area contributed by atoms with Crippen molar-refractivity contribution in [3.63, 3.8) is 0 Å². The van der Waals surface area contributed by atoms with E-state index in [0.717, 1.165) is 6.07 Å². The van der Waals surface area contributed by atoms with Crippen molar-refractivity contribution in [2.45, 2.75) is 23.8 Å². The van der Waals surface area contributed by atoms with Crippen LogP contribution in [0.25, 0.3) is 11.7 Å². The highest BCUT2D eigenvalue weighted by atomic mass is 35.5. The third-order valence-electron chi connectivity index (χ3n) is 3.74. The Morgan fingerprint density at radius 2 is 2.17 bits per heavy atom. The Morgan fingerprint density at radius 3 is 2.97 bits per heavy atom. The van der Waals surface area contributed by atoms with E-state index in [1.54, 1.807) is 12.1 Å². The van der Waals surface area contributed by atoms with Gasteiger partial charge in [0.25, 0.3) is 11.1 Å². The fraction of sp³-hybridized carbons (Fsp3) is 0.167. The number of furan rings is 1. The van der Waals surface area contributed by atoms with Crippen LogP contribution in [0.15, 0.2) is 55.2 Å². The number of anilines is 1. The number of halogens is 2. The Kier molecular flexibility index (Phi) is 6.10. The van der Waals surface area contributed by atoms with Gasteiger partial charge in [-0.3, -0.25) is 4.79 Å². The molecule has 3 aromatic heterocycles. The van der Waals surface area contributed by atoms with Crippen LogP contribution in [0, 0.1) is 5.82 Å². The van der Waals surface area contributed by atoms with E-state index in [4.69, 9.17) is 25.0 Å². The van der Waals surface area contributed by atoms with Crippen LogP contribution in [0.4, 0.5) is 10.1 Å². The highest BCUT2D eigenvalue weighted by Crippen LogP contribution is 2.25. The first-order valence-electron chi connectivity index (χ1n) is 8.63. The molecule has 1 aromatic carbocycles. The van der Waals surface area contributed by atoms with Crippen molar-refractivity contribution in [2.24, 2.45) is 0 Å². The molecule has 0 bridgehead atoms. The van der Waals surface area contributed by atoms with E-state index >= 15 is 0 Å². The number of hydrogen-bond donors (Lipinski definition) is 1. The SMILES string of the molecule is O=C(CCc1nc(CSc2nnc(-c3ccco3)o2)no1)Nc1ccc(Cl)cc1F. The summed E-state index contributed by atoms with van der Waals surface area (Å²) in [5.74, 6) is 0.806. The lowest BCUT2D eigenvalue weighted by Crippen LogP contribution is -2.13. The largest absolute Gasteiger partial charge is 0.459 e. The highest BCUT2D eigenvalue weighted by molar-refractivity contribution is 7.98. The third kappa shape index (κ3) is 5.05. The van der Waals surface area contributed by atoms with Gasteiger partial charge in [0.2, 0.25) is 11.8 Å². The van der Waals surface area contributed by atoms with Crippen LogP contribution in [0.3, 0.4) is 0 Å². The minimum absolute atomic E-state index is 0.0486. The maximum atomic E-state index is 13.7. The quantitative estimate of drug-likeness (QED) is 0.391. The third-order valence-corrected chi connectivity index (χ3v) is 4.79. The molecule has 0 atom stereocenters. The molecule has 1 amide bonds. The Bertz CT molecular complexity index is 1150. The van der Waals surface area contributed by atoms with Crippen LogP contribution in [0.1, 0.15) is 18.1 Å². The first-order chi connectivity index (χ1) is 14.6. The summed E-state index contributed by atoms with van der Waals surface area (Å²) in [6.45, 7) is 0. The van der Waals surface area contributed by atoms with E-state index in [2.05, 4.69) is 25.7 Å². The monoisotopic (exact) mass is 449 g/mol. The summed E-state index contributed by atoms with van der Waals surface area (Å²) in [5.41, 5.74) is 0.0560. The van der Waals surface area contributed by atoms with Crippen LogP contribution in [0.5, 0.6) is 0 Å². The molecule has 3 heterocycles. The number of aryl methyl sites for hydroxylation is 1. The molecule has 4 rings (SSSR count). The molecule has 0 aliphatic rings. The molecule has 0 saturated carbocycles. The highest BCUT2D eigenvalue weighted by Gasteiger charge is 2.14. The zero-order valence-corrected chi connectivity index (χ0v) is 16.7. The van der Waals surface area contributed by atoms with Gasteiger partial charge in [0.1, 0.15) is 5.82 Å². The number of rotatable bonds is 8. The number of carbonyl (C=O) groups excluding carboxylic acids is 1. The Balaban J connectivity index is 1.25. The zero-order valence-electron chi connectivity index (χ0n) is 15.2. The maximum Gasteiger partial charge on any atom is 0.284 e. The number of nitrogens with one attached hydrogen (secondary N) is 1. The smallest absolute Gasteiger partial charge is 0.284 e. The molecule has 12 heteroatoms. The number of hydrogen-bond acceptors (Lipinski definition) is 9. The van der Waals surface area contributed by atoms with E-state index in [-0.39, 0.29) is 35.3 Å². The average Bonchev–Trinajstić information content (AvgIpc) is 3.48. The number of aromatic nitrogens is 4. The van der Waals surface area contributed by atoms with Crippen molar-refractivity contribution in [3.8, 4) is 11.7 Å². The van der Waals surface area contributed by atoms with Crippen molar-refractivity contribution in [3.05, 3.63) is 59.1 Å². The molecule has 0 aliphatic heterocycles. The van der Waals surface area contributed by atoms with Crippen molar-refractivity contribution in [2.75, 3.05) is 5.32 Å². The maximum absolute atomic E-state index is 13.7. The molecule has 0 aliphatic carbocycles. The van der Waals surface area contributed by atoms with Crippen LogP contribution in [0.2, 0.25) is 5.02 Å². The van der Waals surface area contributed by atoms with Crippen molar-refractivity contribution in [1.82, 2.24) is 20.3 Å². The average molecular weight is 450 g/mol. The van der Waals surface area contributed by atoms with E-state index < -0.39 is 5.82 Å². The van der Waals surface area contributed by atoms with Gasteiger partial charge in [0, 0.05) is 17.9 Å². The number of thioether (sulfide) groups is 1. The van der Waals surface area contributed by atoms with Crippen LogP contribution in [-0.2, 0) is 17.0 Å². The lowest BCUT2D eigenvalue weighted by Gasteiger charge is -2.05. The summed E-state index contributed by atoms with van der Waals surface area (Å²) in [6.07, 6.45) is 1.77. The second-order valence-corrected chi connectivity index (χ2v) is 7.28. The van der Waals surface area contributed by atoms with E-state index in [1.165, 1.54) is 30.2 Å². The molecule has 0 radical (unpaired) electrons. The Labute approximate surface area is 178 Å². The molecule has 0 spiro atoms. The minimum atomic E-state index is -0.607. The van der Waals surface area contributed by atoms with Crippen molar-refractivity contribution >= 4 is 35.0 Å². The molecular formula is C18H13ClFN5O4S. The number of nitrogens with zero attached hydrogens (tertiary/aromatic N) is 4. The Hall–Kier alpha value is -3.18. The molecule has 0 unspecified atom stereocenters. The van der Waals surface area contributed by atoms with Crippen molar-refractivity contribution in [1.29, 1.82) is 0 Å². The van der Waals surface area contributed by atoms with E-state index in [0.29, 0.717) is 28.5 Å². The lowest BCUT2D eigenvalue weighted by molar-refractivity contribution is -0.116. The minimum Gasteiger partial charge on any atom is -0.459 e. The second kappa shape index (κ2) is 9.09. The summed E-state index contributed by atoms with van der Waals surface area (Å²) >= 11 is 6.92.